The molecular formula is C43H42N4O5S2. The number of thiophene rings is 1. The van der Waals surface area contributed by atoms with Crippen LogP contribution in [0.5, 0.6) is 0 Å². The molecule has 1 atom stereocenters. The van der Waals surface area contributed by atoms with Crippen molar-refractivity contribution in [2.24, 2.45) is 0 Å². The lowest BCUT2D eigenvalue weighted by atomic mass is 10.0. The molecule has 54 heavy (non-hydrogen) atoms. The fourth-order valence-corrected chi connectivity index (χ4v) is 8.31. The summed E-state index contributed by atoms with van der Waals surface area (Å²) < 4.78 is 5.43. The van der Waals surface area contributed by atoms with Crippen molar-refractivity contribution in [1.82, 2.24) is 10.2 Å². The highest BCUT2D eigenvalue weighted by atomic mass is 32.2. The van der Waals surface area contributed by atoms with Crippen molar-refractivity contribution < 1.29 is 23.9 Å². The summed E-state index contributed by atoms with van der Waals surface area (Å²) in [6.45, 7) is 8.01. The minimum Gasteiger partial charge on any atom is -0.462 e. The Labute approximate surface area is 323 Å². The van der Waals surface area contributed by atoms with E-state index in [9.17, 15) is 19.2 Å². The summed E-state index contributed by atoms with van der Waals surface area (Å²) in [6, 6.07) is 33.8. The van der Waals surface area contributed by atoms with E-state index in [1.54, 1.807) is 62.4 Å². The van der Waals surface area contributed by atoms with Crippen molar-refractivity contribution in [3.63, 3.8) is 0 Å². The second kappa shape index (κ2) is 18.0. The van der Waals surface area contributed by atoms with E-state index in [-0.39, 0.29) is 18.2 Å². The van der Waals surface area contributed by atoms with Crippen molar-refractivity contribution in [2.75, 3.05) is 23.8 Å². The number of carbonyl (C=O) groups excluding carboxylic acids is 4. The normalized spacial score (nSPS) is 13.4. The fraction of sp³-hybridized carbons (Fsp3) is 0.209. The highest BCUT2D eigenvalue weighted by molar-refractivity contribution is 8.00. The first kappa shape index (κ1) is 38.2. The predicted molar refractivity (Wildman–Crippen MR) is 217 cm³/mol. The maximum Gasteiger partial charge on any atom is 0.341 e. The number of fused-ring (bicyclic) bond motifs is 1. The third kappa shape index (κ3) is 9.73. The van der Waals surface area contributed by atoms with Crippen LogP contribution in [0.15, 0.2) is 120 Å². The number of benzene rings is 4. The first-order valence-electron chi connectivity index (χ1n) is 17.8. The van der Waals surface area contributed by atoms with E-state index in [2.05, 4.69) is 33.0 Å². The van der Waals surface area contributed by atoms with E-state index in [0.29, 0.717) is 34.8 Å². The predicted octanol–water partition coefficient (Wildman–Crippen LogP) is 8.32. The molecule has 3 N–H and O–H groups in total. The van der Waals surface area contributed by atoms with Gasteiger partial charge in [0.1, 0.15) is 10.7 Å². The highest BCUT2D eigenvalue weighted by Gasteiger charge is 2.30. The molecule has 0 saturated heterocycles. The number of nitrogens with zero attached hydrogens (tertiary/aromatic N) is 1. The van der Waals surface area contributed by atoms with Gasteiger partial charge in [0.05, 0.1) is 17.4 Å². The SMILES string of the molecule is CCOC(=O)c1c(NC(=O)C(C)Sc2cccc(NC(=O)/C(=C/c3ccccc3C)NC(=O)c3ccccc3)c2)sc2c1CCN(Cc1ccccc1)C2. The largest absolute Gasteiger partial charge is 0.462 e. The second-order valence-electron chi connectivity index (χ2n) is 12.8. The van der Waals surface area contributed by atoms with Gasteiger partial charge in [-0.1, -0.05) is 78.9 Å². The fourth-order valence-electron chi connectivity index (χ4n) is 6.10. The Morgan fingerprint density at radius 3 is 2.37 bits per heavy atom. The lowest BCUT2D eigenvalue weighted by Crippen LogP contribution is -2.30. The molecule has 1 unspecified atom stereocenters. The number of hydrogen-bond acceptors (Lipinski definition) is 8. The van der Waals surface area contributed by atoms with Crippen molar-refractivity contribution >= 4 is 63.6 Å². The molecule has 276 valence electrons. The van der Waals surface area contributed by atoms with Crippen molar-refractivity contribution in [2.45, 2.75) is 50.4 Å². The van der Waals surface area contributed by atoms with Crippen LogP contribution in [-0.2, 0) is 33.8 Å². The molecule has 1 aliphatic rings. The zero-order valence-electron chi connectivity index (χ0n) is 30.4. The van der Waals surface area contributed by atoms with Gasteiger partial charge in [-0.05, 0) is 85.9 Å². The molecule has 0 bridgehead atoms. The Bertz CT molecular complexity index is 2170. The first-order chi connectivity index (χ1) is 26.2. The van der Waals surface area contributed by atoms with Gasteiger partial charge < -0.3 is 20.7 Å². The van der Waals surface area contributed by atoms with Crippen LogP contribution in [0.4, 0.5) is 10.7 Å². The summed E-state index contributed by atoms with van der Waals surface area (Å²) in [5.74, 6) is -1.59. The van der Waals surface area contributed by atoms with Gasteiger partial charge >= 0.3 is 5.97 Å². The zero-order valence-corrected chi connectivity index (χ0v) is 32.0. The minimum atomic E-state index is -0.540. The van der Waals surface area contributed by atoms with Crippen LogP contribution in [0.3, 0.4) is 0 Å². The molecule has 0 radical (unpaired) electrons. The second-order valence-corrected chi connectivity index (χ2v) is 15.4. The first-order valence-corrected chi connectivity index (χ1v) is 19.5. The van der Waals surface area contributed by atoms with Gasteiger partial charge in [0, 0.05) is 40.7 Å². The van der Waals surface area contributed by atoms with Crippen LogP contribution in [-0.4, -0.2) is 47.0 Å². The Morgan fingerprint density at radius 1 is 0.907 bits per heavy atom. The number of thioether (sulfide) groups is 1. The van der Waals surface area contributed by atoms with Crippen LogP contribution in [0, 0.1) is 6.92 Å². The molecular weight excluding hydrogens is 717 g/mol. The van der Waals surface area contributed by atoms with E-state index in [0.717, 1.165) is 39.6 Å². The quantitative estimate of drug-likeness (QED) is 0.0629. The molecule has 3 amide bonds. The molecule has 4 aromatic carbocycles. The summed E-state index contributed by atoms with van der Waals surface area (Å²) in [6.07, 6.45) is 2.34. The smallest absolute Gasteiger partial charge is 0.341 e. The van der Waals surface area contributed by atoms with Crippen LogP contribution in [0.2, 0.25) is 0 Å². The number of carbonyl (C=O) groups is 4. The van der Waals surface area contributed by atoms with Crippen LogP contribution in [0.1, 0.15) is 61.7 Å². The lowest BCUT2D eigenvalue weighted by Gasteiger charge is -2.27. The number of amides is 3. The molecule has 11 heteroatoms. The molecule has 5 aromatic rings. The summed E-state index contributed by atoms with van der Waals surface area (Å²) in [4.78, 5) is 57.7. The zero-order chi connectivity index (χ0) is 38.0. The Morgan fingerprint density at radius 2 is 1.63 bits per heavy atom. The molecule has 1 aliphatic heterocycles. The molecule has 9 nitrogen and oxygen atoms in total. The summed E-state index contributed by atoms with van der Waals surface area (Å²) in [5.41, 5.74) is 5.36. The third-order valence-electron chi connectivity index (χ3n) is 8.89. The van der Waals surface area contributed by atoms with E-state index in [4.69, 9.17) is 4.74 Å². The van der Waals surface area contributed by atoms with Crippen molar-refractivity contribution in [1.29, 1.82) is 0 Å². The summed E-state index contributed by atoms with van der Waals surface area (Å²) in [7, 11) is 0. The molecule has 1 aromatic heterocycles. The standard InChI is InChI=1S/C43H42N4O5S2/c1-4-52-43(51)38-35-22-23-47(26-30-15-7-5-8-16-30)27-37(35)54-42(38)46-39(48)29(3)53-34-21-13-20-33(25-34)44-41(50)36(24-32-19-12-11-14-28(32)2)45-40(49)31-17-9-6-10-18-31/h5-21,24-25,29H,4,22-23,26-27H2,1-3H3,(H,44,50)(H,45,49)(H,46,48)/b36-24-. The molecule has 0 aliphatic carbocycles. The van der Waals surface area contributed by atoms with Gasteiger partial charge in [-0.15, -0.1) is 23.1 Å². The maximum absolute atomic E-state index is 13.7. The third-order valence-corrected chi connectivity index (χ3v) is 11.1. The Kier molecular flexibility index (Phi) is 12.8. The number of nitrogens with one attached hydrogen (secondary N) is 3. The molecule has 0 saturated carbocycles. The van der Waals surface area contributed by atoms with E-state index >= 15 is 0 Å². The van der Waals surface area contributed by atoms with Gasteiger partial charge in [-0.25, -0.2) is 4.79 Å². The molecule has 6 rings (SSSR count). The minimum absolute atomic E-state index is 0.0863. The topological polar surface area (TPSA) is 117 Å². The van der Waals surface area contributed by atoms with Gasteiger partial charge in [-0.3, -0.25) is 19.3 Å². The van der Waals surface area contributed by atoms with Gasteiger partial charge in [0.2, 0.25) is 5.91 Å². The van der Waals surface area contributed by atoms with Crippen molar-refractivity contribution in [3.05, 3.63) is 153 Å². The van der Waals surface area contributed by atoms with Crippen molar-refractivity contribution in [3.8, 4) is 0 Å². The molecule has 0 fully saturated rings. The Hall–Kier alpha value is -5.49. The van der Waals surface area contributed by atoms with E-state index in [1.165, 1.54) is 28.7 Å². The van der Waals surface area contributed by atoms with Crippen LogP contribution >= 0.6 is 23.1 Å². The average Bonchev–Trinajstić information content (AvgIpc) is 3.53. The molecule has 0 spiro atoms. The van der Waals surface area contributed by atoms with Crippen LogP contribution < -0.4 is 16.0 Å². The molecule has 2 heterocycles. The number of rotatable bonds is 13. The number of aryl methyl sites for hydroxylation is 1. The number of esters is 1. The Balaban J connectivity index is 1.14. The lowest BCUT2D eigenvalue weighted by molar-refractivity contribution is -0.115. The summed E-state index contributed by atoms with van der Waals surface area (Å²) in [5, 5.41) is 8.69. The number of hydrogen-bond donors (Lipinski definition) is 3. The average molecular weight is 759 g/mol. The number of ether oxygens (including phenoxy) is 1. The highest BCUT2D eigenvalue weighted by Crippen LogP contribution is 2.39. The van der Waals surface area contributed by atoms with E-state index in [1.807, 2.05) is 61.5 Å². The van der Waals surface area contributed by atoms with Crippen LogP contribution in [0.25, 0.3) is 6.08 Å². The van der Waals surface area contributed by atoms with Gasteiger partial charge in [-0.2, -0.15) is 0 Å². The van der Waals surface area contributed by atoms with E-state index < -0.39 is 23.0 Å². The summed E-state index contributed by atoms with van der Waals surface area (Å²) >= 11 is 2.76. The number of anilines is 2. The maximum atomic E-state index is 13.7. The monoisotopic (exact) mass is 758 g/mol. The van der Waals surface area contributed by atoms with Gasteiger partial charge in [0.25, 0.3) is 11.8 Å². The van der Waals surface area contributed by atoms with Gasteiger partial charge in [0.15, 0.2) is 0 Å².